The highest BCUT2D eigenvalue weighted by atomic mass is 35.5. The average Bonchev–Trinajstić information content (AvgIpc) is 3.28. The van der Waals surface area contributed by atoms with Crippen molar-refractivity contribution in [1.29, 1.82) is 0 Å². The smallest absolute Gasteiger partial charge is 0.294 e. The Morgan fingerprint density at radius 1 is 1.14 bits per heavy atom. The van der Waals surface area contributed by atoms with Crippen molar-refractivity contribution in [2.75, 3.05) is 37.5 Å². The number of rotatable bonds is 6. The highest BCUT2D eigenvalue weighted by Crippen LogP contribution is 2.34. The van der Waals surface area contributed by atoms with E-state index in [0.717, 1.165) is 12.8 Å². The lowest BCUT2D eigenvalue weighted by Crippen LogP contribution is -2.49. The molecule has 3 aromatic heterocycles. The third-order valence-corrected chi connectivity index (χ3v) is 6.90. The zero-order valence-electron chi connectivity index (χ0n) is 20.2. The first-order chi connectivity index (χ1) is 17.9. The number of halogens is 1. The molecule has 194 valence electrons. The number of hydrogen-bond donors (Lipinski definition) is 2. The van der Waals surface area contributed by atoms with Crippen LogP contribution in [0.4, 0.5) is 11.5 Å². The van der Waals surface area contributed by atoms with Gasteiger partial charge in [-0.2, -0.15) is 0 Å². The number of nitrogens with one attached hydrogen (secondary N) is 2. The summed E-state index contributed by atoms with van der Waals surface area (Å²) >= 11 is 5.88. The van der Waals surface area contributed by atoms with Crippen molar-refractivity contribution in [1.82, 2.24) is 14.9 Å². The van der Waals surface area contributed by atoms with Crippen LogP contribution >= 0.6 is 11.6 Å². The van der Waals surface area contributed by atoms with Gasteiger partial charge in [-0.15, -0.1) is 0 Å². The molecule has 0 aromatic carbocycles. The van der Waals surface area contributed by atoms with Crippen molar-refractivity contribution in [3.63, 3.8) is 0 Å². The molecule has 2 aliphatic rings. The van der Waals surface area contributed by atoms with E-state index in [0.29, 0.717) is 48.0 Å². The van der Waals surface area contributed by atoms with Crippen LogP contribution in [0.25, 0.3) is 11.1 Å². The van der Waals surface area contributed by atoms with Crippen molar-refractivity contribution in [3.05, 3.63) is 41.2 Å². The zero-order valence-corrected chi connectivity index (χ0v) is 20.9. The van der Waals surface area contributed by atoms with E-state index < -0.39 is 5.91 Å². The number of ether oxygens (including phenoxy) is 2. The van der Waals surface area contributed by atoms with Gasteiger partial charge in [0.15, 0.2) is 5.58 Å². The lowest BCUT2D eigenvalue weighted by Gasteiger charge is -2.38. The molecule has 1 saturated heterocycles. The summed E-state index contributed by atoms with van der Waals surface area (Å²) < 4.78 is 16.2. The SMILES string of the molecule is COc1ccc2oc(C(=O)Nc3ccc(Cl)cn3)c(NC(=O)[C@H]3CC[C@H](N4CCOCC4=O)CC3)c2n1. The minimum atomic E-state index is -0.600. The maximum absolute atomic E-state index is 13.3. The number of amides is 3. The number of morpholine rings is 1. The Morgan fingerprint density at radius 3 is 2.65 bits per heavy atom. The standard InChI is InChI=1S/C25H26ClN5O6/c1-35-19-9-7-17-21(29-19)22(23(37-17)25(34)28-18-8-4-15(26)12-27-18)30-24(33)14-2-5-16(6-3-14)31-10-11-36-13-20(31)32/h4,7-9,12,14,16H,2-3,5-6,10-11,13H2,1H3,(H,30,33)(H,27,28,34)/t14-,16-. The van der Waals surface area contributed by atoms with Crippen LogP contribution in [0.2, 0.25) is 5.02 Å². The monoisotopic (exact) mass is 527 g/mol. The molecule has 0 bridgehead atoms. The number of methoxy groups -OCH3 is 1. The lowest BCUT2D eigenvalue weighted by molar-refractivity contribution is -0.146. The van der Waals surface area contributed by atoms with Gasteiger partial charge in [0.05, 0.1) is 18.7 Å². The van der Waals surface area contributed by atoms with E-state index in [4.69, 9.17) is 25.5 Å². The number of furan rings is 1. The number of carbonyl (C=O) groups excluding carboxylic acids is 3. The molecule has 3 amide bonds. The molecule has 3 aromatic rings. The molecule has 1 aliphatic carbocycles. The van der Waals surface area contributed by atoms with E-state index in [-0.39, 0.29) is 47.6 Å². The van der Waals surface area contributed by atoms with Crippen molar-refractivity contribution in [2.24, 2.45) is 5.92 Å². The maximum atomic E-state index is 13.3. The molecule has 5 rings (SSSR count). The van der Waals surface area contributed by atoms with Crippen LogP contribution in [0.15, 0.2) is 34.9 Å². The second-order valence-electron chi connectivity index (χ2n) is 8.96. The number of fused-ring (bicyclic) bond motifs is 1. The van der Waals surface area contributed by atoms with Crippen molar-refractivity contribution >= 4 is 51.9 Å². The number of anilines is 2. The molecule has 4 heterocycles. The minimum absolute atomic E-state index is 0.00475. The number of nitrogens with zero attached hydrogens (tertiary/aromatic N) is 3. The van der Waals surface area contributed by atoms with Crippen LogP contribution in [0.3, 0.4) is 0 Å². The molecule has 37 heavy (non-hydrogen) atoms. The topological polar surface area (TPSA) is 136 Å². The molecule has 11 nitrogen and oxygen atoms in total. The number of carbonyl (C=O) groups is 3. The van der Waals surface area contributed by atoms with E-state index in [1.165, 1.54) is 13.3 Å². The van der Waals surface area contributed by atoms with Crippen LogP contribution in [0, 0.1) is 5.92 Å². The van der Waals surface area contributed by atoms with Gasteiger partial charge in [-0.05, 0) is 43.9 Å². The first-order valence-electron chi connectivity index (χ1n) is 12.0. The van der Waals surface area contributed by atoms with E-state index >= 15 is 0 Å². The second kappa shape index (κ2) is 10.7. The lowest BCUT2D eigenvalue weighted by atomic mass is 9.84. The zero-order chi connectivity index (χ0) is 25.9. The average molecular weight is 528 g/mol. The summed E-state index contributed by atoms with van der Waals surface area (Å²) in [6, 6.07) is 6.49. The van der Waals surface area contributed by atoms with Crippen molar-refractivity contribution in [3.8, 4) is 5.88 Å². The summed E-state index contributed by atoms with van der Waals surface area (Å²) in [4.78, 5) is 49.0. The molecule has 12 heteroatoms. The Morgan fingerprint density at radius 2 is 1.95 bits per heavy atom. The molecular weight excluding hydrogens is 502 g/mol. The van der Waals surface area contributed by atoms with Gasteiger partial charge in [0.1, 0.15) is 23.6 Å². The number of hydrogen-bond acceptors (Lipinski definition) is 8. The molecule has 2 N–H and O–H groups in total. The van der Waals surface area contributed by atoms with Gasteiger partial charge < -0.3 is 29.4 Å². The Balaban J connectivity index is 1.34. The van der Waals surface area contributed by atoms with Crippen LogP contribution in [0.5, 0.6) is 5.88 Å². The predicted molar refractivity (Wildman–Crippen MR) is 135 cm³/mol. The largest absolute Gasteiger partial charge is 0.481 e. The summed E-state index contributed by atoms with van der Waals surface area (Å²) in [5.41, 5.74) is 0.783. The molecule has 0 atom stereocenters. The Kier molecular flexibility index (Phi) is 7.24. The third kappa shape index (κ3) is 5.37. The fourth-order valence-electron chi connectivity index (χ4n) is 4.76. The third-order valence-electron chi connectivity index (χ3n) is 6.67. The summed E-state index contributed by atoms with van der Waals surface area (Å²) in [7, 11) is 1.48. The second-order valence-corrected chi connectivity index (χ2v) is 9.39. The molecule has 0 spiro atoms. The van der Waals surface area contributed by atoms with E-state index in [9.17, 15) is 14.4 Å². The molecule has 0 unspecified atom stereocenters. The van der Waals surface area contributed by atoms with Gasteiger partial charge in [-0.1, -0.05) is 11.6 Å². The highest BCUT2D eigenvalue weighted by Gasteiger charge is 2.34. The predicted octanol–water partition coefficient (Wildman–Crippen LogP) is 3.49. The summed E-state index contributed by atoms with van der Waals surface area (Å²) in [6.07, 6.45) is 4.08. The van der Waals surface area contributed by atoms with Gasteiger partial charge in [0, 0.05) is 30.8 Å². The van der Waals surface area contributed by atoms with Gasteiger partial charge >= 0.3 is 0 Å². The maximum Gasteiger partial charge on any atom is 0.294 e. The van der Waals surface area contributed by atoms with Crippen molar-refractivity contribution in [2.45, 2.75) is 31.7 Å². The fourth-order valence-corrected chi connectivity index (χ4v) is 4.87. The first kappa shape index (κ1) is 25.0. The number of pyridine rings is 2. The molecule has 1 saturated carbocycles. The Labute approximate surface area is 217 Å². The summed E-state index contributed by atoms with van der Waals surface area (Å²) in [6.45, 7) is 1.23. The molecule has 2 fully saturated rings. The number of aromatic nitrogens is 2. The Hall–Kier alpha value is -3.70. The van der Waals surface area contributed by atoms with Gasteiger partial charge in [-0.25, -0.2) is 9.97 Å². The van der Waals surface area contributed by atoms with Gasteiger partial charge in [-0.3, -0.25) is 14.4 Å². The van der Waals surface area contributed by atoms with Crippen molar-refractivity contribution < 1.29 is 28.3 Å². The van der Waals surface area contributed by atoms with E-state index in [1.54, 1.807) is 24.3 Å². The van der Waals surface area contributed by atoms with Gasteiger partial charge in [0.25, 0.3) is 5.91 Å². The quantitative estimate of drug-likeness (QED) is 0.497. The summed E-state index contributed by atoms with van der Waals surface area (Å²) in [5.74, 6) is -0.644. The van der Waals surface area contributed by atoms with Crippen LogP contribution in [-0.4, -0.2) is 65.5 Å². The highest BCUT2D eigenvalue weighted by molar-refractivity contribution is 6.30. The van der Waals surface area contributed by atoms with Crippen LogP contribution in [0.1, 0.15) is 36.2 Å². The molecule has 1 aliphatic heterocycles. The molecule has 0 radical (unpaired) electrons. The fraction of sp³-hybridized carbons (Fsp3) is 0.400. The van der Waals surface area contributed by atoms with Gasteiger partial charge in [0.2, 0.25) is 23.5 Å². The van der Waals surface area contributed by atoms with E-state index in [1.807, 2.05) is 4.90 Å². The first-order valence-corrected chi connectivity index (χ1v) is 12.4. The van der Waals surface area contributed by atoms with Crippen LogP contribution in [-0.2, 0) is 14.3 Å². The minimum Gasteiger partial charge on any atom is -0.481 e. The Bertz CT molecular complexity index is 1320. The molecular formula is C25H26ClN5O6. The van der Waals surface area contributed by atoms with Crippen LogP contribution < -0.4 is 15.4 Å². The summed E-state index contributed by atoms with van der Waals surface area (Å²) in [5, 5.41) is 5.96. The normalized spacial score (nSPS) is 20.1. The van der Waals surface area contributed by atoms with E-state index in [2.05, 4.69) is 20.6 Å².